The summed E-state index contributed by atoms with van der Waals surface area (Å²) in [5.74, 6) is -2.65. The second kappa shape index (κ2) is 5.23. The van der Waals surface area contributed by atoms with Crippen LogP contribution >= 0.6 is 0 Å². The molecule has 0 spiro atoms. The number of carbonyl (C=O) groups is 3. The first kappa shape index (κ1) is 13.3. The van der Waals surface area contributed by atoms with Crippen LogP contribution in [0, 0.1) is 0 Å². The summed E-state index contributed by atoms with van der Waals surface area (Å²) in [7, 11) is 4.85. The van der Waals surface area contributed by atoms with Crippen LogP contribution in [0.3, 0.4) is 0 Å². The number of ether oxygens (including phenoxy) is 3. The summed E-state index contributed by atoms with van der Waals surface area (Å²) < 4.78 is 13.2. The van der Waals surface area contributed by atoms with Gasteiger partial charge in [-0.1, -0.05) is 0 Å². The number of esters is 3. The van der Waals surface area contributed by atoms with Crippen LogP contribution in [0.1, 0.15) is 20.8 Å². The first-order chi connectivity index (χ1) is 6.81. The average Bonchev–Trinajstić information content (AvgIpc) is 1.99. The second-order valence-corrected chi connectivity index (χ2v) is 2.43. The van der Waals surface area contributed by atoms with E-state index in [0.717, 1.165) is 20.8 Å². The van der Waals surface area contributed by atoms with Gasteiger partial charge in [-0.2, -0.15) is 0 Å². The molecule has 0 aliphatic heterocycles. The van der Waals surface area contributed by atoms with E-state index in [4.69, 9.17) is 7.64 Å². The molecule has 0 bridgehead atoms. The van der Waals surface area contributed by atoms with Gasteiger partial charge in [-0.3, -0.25) is 0 Å². The Bertz CT molecular complexity index is 261. The van der Waals surface area contributed by atoms with E-state index >= 15 is 0 Å². The Morgan fingerprint density at radius 1 is 0.933 bits per heavy atom. The summed E-state index contributed by atoms with van der Waals surface area (Å²) in [6, 6.07) is 0. The van der Waals surface area contributed by atoms with Crippen molar-refractivity contribution >= 4 is 25.5 Å². The van der Waals surface area contributed by atoms with Crippen LogP contribution in [0.25, 0.3) is 0 Å². The van der Waals surface area contributed by atoms with Crippen molar-refractivity contribution in [1.82, 2.24) is 0 Å². The molecule has 0 amide bonds. The molecule has 0 saturated heterocycles. The predicted molar refractivity (Wildman–Crippen MR) is 46.2 cm³/mol. The Morgan fingerprint density at radius 3 is 1.33 bits per heavy atom. The predicted octanol–water partition coefficient (Wildman–Crippen LogP) is -0.361. The molecule has 0 aromatic rings. The SMILES string of the molecule is [B]=NC(OC(C)=O)(OC(C)=O)OC(C)=O. The number of hydrogen-bond donors (Lipinski definition) is 0. The van der Waals surface area contributed by atoms with Gasteiger partial charge in [-0.15, -0.1) is 0 Å². The number of nitrogens with zero attached hydrogens (tertiary/aromatic N) is 1. The summed E-state index contributed by atoms with van der Waals surface area (Å²) in [5.41, 5.74) is 0. The molecule has 0 N–H and O–H groups in total. The van der Waals surface area contributed by atoms with Crippen LogP contribution in [-0.2, 0) is 28.6 Å². The first-order valence-electron chi connectivity index (χ1n) is 3.82. The molecule has 7 nitrogen and oxygen atoms in total. The molecule has 15 heavy (non-hydrogen) atoms. The van der Waals surface area contributed by atoms with Crippen molar-refractivity contribution < 1.29 is 28.6 Å². The summed E-state index contributed by atoms with van der Waals surface area (Å²) in [5, 5.41) is 0. The number of hydrogen-bond acceptors (Lipinski definition) is 7. The van der Waals surface area contributed by atoms with Crippen LogP contribution in [-0.4, -0.2) is 31.6 Å². The second-order valence-electron chi connectivity index (χ2n) is 2.43. The molecule has 0 rings (SSSR count). The van der Waals surface area contributed by atoms with Crippen molar-refractivity contribution in [2.75, 3.05) is 0 Å². The zero-order chi connectivity index (χ0) is 12.1. The van der Waals surface area contributed by atoms with Gasteiger partial charge in [0.15, 0.2) is 0 Å². The third-order valence-electron chi connectivity index (χ3n) is 0.976. The topological polar surface area (TPSA) is 91.3 Å². The number of rotatable bonds is 4. The summed E-state index contributed by atoms with van der Waals surface area (Å²) in [6.07, 6.45) is -2.54. The van der Waals surface area contributed by atoms with E-state index in [-0.39, 0.29) is 0 Å². The quantitative estimate of drug-likeness (QED) is 0.360. The van der Waals surface area contributed by atoms with Gasteiger partial charge in [0.1, 0.15) is 0 Å². The molecule has 0 aromatic carbocycles. The van der Waals surface area contributed by atoms with Gasteiger partial charge in [0.05, 0.1) is 0 Å². The van der Waals surface area contributed by atoms with Gasteiger partial charge in [-0.25, -0.2) is 0 Å². The van der Waals surface area contributed by atoms with Crippen molar-refractivity contribution in [2.24, 2.45) is 4.90 Å². The molecule has 0 saturated carbocycles. The summed E-state index contributed by atoms with van der Waals surface area (Å²) in [4.78, 5) is 34.9. The first-order valence-corrected chi connectivity index (χ1v) is 3.82. The van der Waals surface area contributed by atoms with Gasteiger partial charge in [0, 0.05) is 0 Å². The van der Waals surface area contributed by atoms with Crippen LogP contribution in [0.5, 0.6) is 0 Å². The molecule has 0 unspecified atom stereocenters. The fourth-order valence-electron chi connectivity index (χ4n) is 0.686. The maximum atomic E-state index is 10.7. The van der Waals surface area contributed by atoms with Crippen LogP contribution < -0.4 is 0 Å². The molecule has 0 aliphatic carbocycles. The Labute approximate surface area is 86.8 Å². The Morgan fingerprint density at radius 2 is 1.20 bits per heavy atom. The Balaban J connectivity index is 4.90. The molecular weight excluding hydrogens is 205 g/mol. The van der Waals surface area contributed by atoms with Crippen molar-refractivity contribution in [3.8, 4) is 0 Å². The van der Waals surface area contributed by atoms with Crippen LogP contribution in [0.2, 0.25) is 0 Å². The molecule has 0 atom stereocenters. The minimum atomic E-state index is -2.54. The monoisotopic (exact) mass is 214 g/mol. The molecular formula is C7H9BNO6. The van der Waals surface area contributed by atoms with E-state index in [1.165, 1.54) is 0 Å². The van der Waals surface area contributed by atoms with E-state index < -0.39 is 24.0 Å². The van der Waals surface area contributed by atoms with Gasteiger partial charge in [-0.05, 0) is 0 Å². The molecule has 0 fully saturated rings. The molecule has 0 aliphatic rings. The number of carbonyl (C=O) groups excluding carboxylic acids is 3. The minimum absolute atomic E-state index is 0.883. The third-order valence-corrected chi connectivity index (χ3v) is 0.976. The Kier molecular flexibility index (Phi) is 4.63. The molecule has 81 valence electrons. The van der Waals surface area contributed by atoms with Crippen LogP contribution in [0.4, 0.5) is 0 Å². The van der Waals surface area contributed by atoms with Gasteiger partial charge >= 0.3 is 85.9 Å². The third kappa shape index (κ3) is 4.89. The zero-order valence-electron chi connectivity index (χ0n) is 8.47. The molecule has 0 aromatic heterocycles. The van der Waals surface area contributed by atoms with Crippen molar-refractivity contribution in [3.63, 3.8) is 0 Å². The standard InChI is InChI=1S/C7H9BNO6/c1-4(10)13-7(9-8,14-5(2)11)15-6(3)12/h1-3H3. The van der Waals surface area contributed by atoms with Crippen molar-refractivity contribution in [2.45, 2.75) is 26.9 Å². The van der Waals surface area contributed by atoms with E-state index in [9.17, 15) is 14.4 Å². The van der Waals surface area contributed by atoms with E-state index in [0.29, 0.717) is 0 Å². The Hall–Kier alpha value is -1.73. The summed E-state index contributed by atoms with van der Waals surface area (Å²) >= 11 is 0. The van der Waals surface area contributed by atoms with Gasteiger partial charge in [0.25, 0.3) is 0 Å². The molecule has 8 heteroatoms. The summed E-state index contributed by atoms with van der Waals surface area (Å²) in [6.45, 7) is 3.02. The molecule has 0 heterocycles. The van der Waals surface area contributed by atoms with E-state index in [2.05, 4.69) is 19.1 Å². The fourth-order valence-corrected chi connectivity index (χ4v) is 0.686. The maximum absolute atomic E-state index is 10.7. The van der Waals surface area contributed by atoms with Gasteiger partial charge in [0.2, 0.25) is 0 Å². The van der Waals surface area contributed by atoms with E-state index in [1.807, 2.05) is 0 Å². The average molecular weight is 214 g/mol. The fraction of sp³-hybridized carbons (Fsp3) is 0.571. The normalized spacial score (nSPS) is 10.0. The van der Waals surface area contributed by atoms with Crippen LogP contribution in [0.15, 0.2) is 4.90 Å². The van der Waals surface area contributed by atoms with Gasteiger partial charge < -0.3 is 0 Å². The zero-order valence-corrected chi connectivity index (χ0v) is 8.47. The van der Waals surface area contributed by atoms with Crippen molar-refractivity contribution in [1.29, 1.82) is 0 Å². The molecule has 1 radical (unpaired) electrons. The van der Waals surface area contributed by atoms with E-state index in [1.54, 1.807) is 0 Å². The van der Waals surface area contributed by atoms with Crippen molar-refractivity contribution in [3.05, 3.63) is 0 Å².